The smallest absolute Gasteiger partial charge is 0.407 e. The van der Waals surface area contributed by atoms with Gasteiger partial charge >= 0.3 is 6.09 Å². The fraction of sp³-hybridized carbons (Fsp3) is 0.400. The number of carbonyl (C=O) groups is 2. The van der Waals surface area contributed by atoms with Crippen LogP contribution in [0.1, 0.15) is 29.4 Å². The van der Waals surface area contributed by atoms with Gasteiger partial charge in [-0.3, -0.25) is 14.3 Å². The van der Waals surface area contributed by atoms with Gasteiger partial charge in [0.1, 0.15) is 6.33 Å². The average molecular weight is 508 g/mol. The quantitative estimate of drug-likeness (QED) is 0.469. The summed E-state index contributed by atoms with van der Waals surface area (Å²) in [5, 5.41) is 12.7. The van der Waals surface area contributed by atoms with Crippen molar-refractivity contribution in [2.24, 2.45) is 5.92 Å². The number of likely N-dealkylation sites (tertiary alicyclic amines) is 1. The van der Waals surface area contributed by atoms with Crippen LogP contribution in [-0.4, -0.2) is 79.9 Å². The zero-order valence-corrected chi connectivity index (χ0v) is 20.7. The minimum absolute atomic E-state index is 0.0663. The van der Waals surface area contributed by atoms with Crippen molar-refractivity contribution in [2.45, 2.75) is 25.9 Å². The molecule has 2 amide bonds. The Kier molecular flexibility index (Phi) is 6.91. The van der Waals surface area contributed by atoms with Gasteiger partial charge in [0.25, 0.3) is 0 Å². The molecule has 2 aliphatic rings. The van der Waals surface area contributed by atoms with Gasteiger partial charge in [-0.1, -0.05) is 6.07 Å². The molecule has 1 saturated heterocycles. The number of carboxylic acid groups (broad SMARTS) is 1. The summed E-state index contributed by atoms with van der Waals surface area (Å²) in [5.74, 6) is 1.36. The molecule has 12 heteroatoms. The third-order valence-electron chi connectivity index (χ3n) is 6.72. The third-order valence-corrected chi connectivity index (χ3v) is 6.72. The van der Waals surface area contributed by atoms with Gasteiger partial charge in [0.2, 0.25) is 18.6 Å². The van der Waals surface area contributed by atoms with E-state index in [4.69, 9.17) is 14.5 Å². The summed E-state index contributed by atoms with van der Waals surface area (Å²) in [6.45, 7) is 3.61. The van der Waals surface area contributed by atoms with Crippen LogP contribution in [0, 0.1) is 12.8 Å². The van der Waals surface area contributed by atoms with Gasteiger partial charge in [0.15, 0.2) is 11.5 Å². The van der Waals surface area contributed by atoms with Crippen LogP contribution < -0.4 is 14.8 Å². The second-order valence-corrected chi connectivity index (χ2v) is 9.09. The Labute approximate surface area is 213 Å². The summed E-state index contributed by atoms with van der Waals surface area (Å²) in [5.41, 5.74) is 2.30. The normalized spacial score (nSPS) is 18.6. The number of fused-ring (bicyclic) bond motifs is 1. The number of imidazole rings is 1. The van der Waals surface area contributed by atoms with E-state index in [-0.39, 0.29) is 37.7 Å². The zero-order chi connectivity index (χ0) is 25.9. The van der Waals surface area contributed by atoms with E-state index in [1.54, 1.807) is 42.5 Å². The van der Waals surface area contributed by atoms with Crippen LogP contribution in [0.25, 0.3) is 5.95 Å². The van der Waals surface area contributed by atoms with Gasteiger partial charge in [-0.25, -0.2) is 19.7 Å². The Morgan fingerprint density at radius 2 is 2.05 bits per heavy atom. The monoisotopic (exact) mass is 507 g/mol. The van der Waals surface area contributed by atoms with Crippen molar-refractivity contribution in [2.75, 3.05) is 33.5 Å². The molecule has 3 aromatic rings. The summed E-state index contributed by atoms with van der Waals surface area (Å²) in [6.07, 6.45) is 4.67. The minimum atomic E-state index is -1.02. The molecule has 0 spiro atoms. The molecule has 194 valence electrons. The largest absolute Gasteiger partial charge is 0.465 e. The minimum Gasteiger partial charge on any atom is -0.465 e. The molecule has 2 unspecified atom stereocenters. The zero-order valence-electron chi connectivity index (χ0n) is 20.7. The highest BCUT2D eigenvalue weighted by molar-refractivity contribution is 5.79. The lowest BCUT2D eigenvalue weighted by molar-refractivity contribution is -0.125. The molecule has 12 nitrogen and oxygen atoms in total. The van der Waals surface area contributed by atoms with E-state index in [1.807, 2.05) is 19.1 Å². The molecule has 0 radical (unpaired) electrons. The average Bonchev–Trinajstić information content (AvgIpc) is 3.66. The first-order valence-corrected chi connectivity index (χ1v) is 12.1. The van der Waals surface area contributed by atoms with Gasteiger partial charge in [-0.15, -0.1) is 0 Å². The summed E-state index contributed by atoms with van der Waals surface area (Å²) >= 11 is 0. The van der Waals surface area contributed by atoms with Gasteiger partial charge in [0.05, 0.1) is 17.7 Å². The number of nitrogens with zero attached hydrogens (tertiary/aromatic N) is 6. The molecule has 1 aromatic carbocycles. The molecule has 2 N–H and O–H groups in total. The van der Waals surface area contributed by atoms with Crippen LogP contribution in [0.4, 0.5) is 4.79 Å². The Bertz CT molecular complexity index is 1280. The van der Waals surface area contributed by atoms with E-state index in [0.717, 1.165) is 17.0 Å². The lowest BCUT2D eigenvalue weighted by Crippen LogP contribution is -2.39. The number of ether oxygens (including phenoxy) is 2. The van der Waals surface area contributed by atoms with Crippen LogP contribution in [-0.2, 0) is 11.3 Å². The summed E-state index contributed by atoms with van der Waals surface area (Å²) in [4.78, 5) is 41.8. The first-order valence-electron chi connectivity index (χ1n) is 12.1. The fourth-order valence-corrected chi connectivity index (χ4v) is 4.93. The van der Waals surface area contributed by atoms with Crippen molar-refractivity contribution in [3.05, 3.63) is 59.9 Å². The fourth-order valence-electron chi connectivity index (χ4n) is 4.93. The lowest BCUT2D eigenvalue weighted by atomic mass is 9.96. The molecule has 2 atom stereocenters. The van der Waals surface area contributed by atoms with Crippen LogP contribution >= 0.6 is 0 Å². The van der Waals surface area contributed by atoms with E-state index < -0.39 is 6.09 Å². The van der Waals surface area contributed by atoms with Gasteiger partial charge < -0.3 is 24.8 Å². The summed E-state index contributed by atoms with van der Waals surface area (Å²) in [7, 11) is 1.63. The summed E-state index contributed by atoms with van der Waals surface area (Å²) in [6, 6.07) is 7.01. The number of nitrogens with one attached hydrogen (secondary N) is 1. The predicted octanol–water partition coefficient (Wildman–Crippen LogP) is 1.99. The van der Waals surface area contributed by atoms with Gasteiger partial charge in [0, 0.05) is 44.8 Å². The maximum atomic E-state index is 12.8. The number of carbonyl (C=O) groups excluding carboxylic acids is 1. The molecule has 0 bridgehead atoms. The van der Waals surface area contributed by atoms with Crippen molar-refractivity contribution in [3.63, 3.8) is 0 Å². The molecule has 0 aliphatic carbocycles. The molecule has 37 heavy (non-hydrogen) atoms. The van der Waals surface area contributed by atoms with E-state index in [2.05, 4.69) is 20.2 Å². The van der Waals surface area contributed by atoms with Crippen molar-refractivity contribution >= 4 is 12.0 Å². The SMILES string of the molecule is CNC(=O)C1CCN(CCN(Cc2ccc3c(c2)OCO3)C(=O)O)C1c1cc(C)nc(-n2ccnc2)n1. The van der Waals surface area contributed by atoms with Crippen molar-refractivity contribution in [1.82, 2.24) is 34.6 Å². The number of hydrogen-bond acceptors (Lipinski definition) is 8. The highest BCUT2D eigenvalue weighted by Gasteiger charge is 2.40. The van der Waals surface area contributed by atoms with Crippen LogP contribution in [0.5, 0.6) is 11.5 Å². The standard InChI is InChI=1S/C25H29N7O5/c1-16-11-19(29-24(28-16)32-8-6-27-14-32)22-18(23(33)26-2)5-7-30(22)9-10-31(25(34)35)13-17-3-4-20-21(12-17)37-15-36-20/h3-4,6,8,11-12,14,18,22H,5,7,9-10,13,15H2,1-2H3,(H,26,33)(H,34,35). The number of rotatable bonds is 8. The van der Waals surface area contributed by atoms with E-state index >= 15 is 0 Å². The number of hydrogen-bond donors (Lipinski definition) is 2. The Hall–Kier alpha value is -4.19. The maximum Gasteiger partial charge on any atom is 0.407 e. The number of aryl methyl sites for hydroxylation is 1. The van der Waals surface area contributed by atoms with Crippen LogP contribution in [0.15, 0.2) is 43.0 Å². The van der Waals surface area contributed by atoms with E-state index in [1.165, 1.54) is 4.90 Å². The number of benzene rings is 1. The summed E-state index contributed by atoms with van der Waals surface area (Å²) < 4.78 is 12.5. The van der Waals surface area contributed by atoms with Crippen molar-refractivity contribution in [3.8, 4) is 17.4 Å². The van der Waals surface area contributed by atoms with E-state index in [0.29, 0.717) is 37.0 Å². The number of aromatic nitrogens is 4. The van der Waals surface area contributed by atoms with Crippen LogP contribution in [0.2, 0.25) is 0 Å². The van der Waals surface area contributed by atoms with Gasteiger partial charge in [-0.05, 0) is 43.7 Å². The Morgan fingerprint density at radius 3 is 2.81 bits per heavy atom. The molecular formula is C25H29N7O5. The molecular weight excluding hydrogens is 478 g/mol. The van der Waals surface area contributed by atoms with Gasteiger partial charge in [-0.2, -0.15) is 0 Å². The second kappa shape index (κ2) is 10.4. The molecule has 2 aromatic heterocycles. The predicted molar refractivity (Wildman–Crippen MR) is 131 cm³/mol. The van der Waals surface area contributed by atoms with Crippen LogP contribution in [0.3, 0.4) is 0 Å². The first-order chi connectivity index (χ1) is 17.9. The third kappa shape index (κ3) is 5.19. The molecule has 4 heterocycles. The Balaban J connectivity index is 1.36. The first kappa shape index (κ1) is 24.5. The molecule has 2 aliphatic heterocycles. The Morgan fingerprint density at radius 1 is 1.22 bits per heavy atom. The molecule has 5 rings (SSSR count). The second-order valence-electron chi connectivity index (χ2n) is 9.09. The highest BCUT2D eigenvalue weighted by Crippen LogP contribution is 2.37. The maximum absolute atomic E-state index is 12.8. The van der Waals surface area contributed by atoms with Crippen molar-refractivity contribution in [1.29, 1.82) is 0 Å². The highest BCUT2D eigenvalue weighted by atomic mass is 16.7. The molecule has 0 saturated carbocycles. The molecule has 1 fully saturated rings. The lowest BCUT2D eigenvalue weighted by Gasteiger charge is -2.29. The number of amides is 2. The topological polar surface area (TPSA) is 135 Å². The van der Waals surface area contributed by atoms with E-state index in [9.17, 15) is 14.7 Å². The van der Waals surface area contributed by atoms with Crippen molar-refractivity contribution < 1.29 is 24.2 Å².